The minimum atomic E-state index is 1.05. The maximum Gasteiger partial charge on any atom is 0.0771 e. The number of nitrogens with one attached hydrogen (secondary N) is 1. The SMILES string of the molecule is CCC1CC[NH+](C)CC1. The first-order chi connectivity index (χ1) is 4.33. The third-order valence-corrected chi connectivity index (χ3v) is 2.54. The highest BCUT2D eigenvalue weighted by atomic mass is 15.1. The Bertz CT molecular complexity index is 72.6. The van der Waals surface area contributed by atoms with Gasteiger partial charge in [0.2, 0.25) is 0 Å². The highest BCUT2D eigenvalue weighted by Gasteiger charge is 2.16. The summed E-state index contributed by atoms with van der Waals surface area (Å²) in [6.45, 7) is 5.11. The lowest BCUT2D eigenvalue weighted by Gasteiger charge is -2.25. The minimum Gasteiger partial charge on any atom is -0.337 e. The second kappa shape index (κ2) is 3.21. The van der Waals surface area contributed by atoms with Gasteiger partial charge in [0, 0.05) is 0 Å². The molecule has 0 radical (unpaired) electrons. The molecule has 0 bridgehead atoms. The van der Waals surface area contributed by atoms with Crippen molar-refractivity contribution in [1.82, 2.24) is 0 Å². The molecule has 1 nitrogen and oxygen atoms in total. The van der Waals surface area contributed by atoms with Crippen LogP contribution in [0.25, 0.3) is 0 Å². The van der Waals surface area contributed by atoms with E-state index < -0.39 is 0 Å². The molecule has 0 amide bonds. The van der Waals surface area contributed by atoms with E-state index in [-0.39, 0.29) is 0 Å². The van der Waals surface area contributed by atoms with Crippen LogP contribution in [0.15, 0.2) is 0 Å². The predicted molar refractivity (Wildman–Crippen MR) is 39.6 cm³/mol. The van der Waals surface area contributed by atoms with Gasteiger partial charge in [0.05, 0.1) is 20.1 Å². The van der Waals surface area contributed by atoms with Crippen LogP contribution in [0.2, 0.25) is 0 Å². The van der Waals surface area contributed by atoms with Crippen LogP contribution in [-0.2, 0) is 0 Å². The molecule has 1 aliphatic rings. The lowest BCUT2D eigenvalue weighted by molar-refractivity contribution is -0.886. The Labute approximate surface area is 58.0 Å². The molecule has 1 N–H and O–H groups in total. The quantitative estimate of drug-likeness (QED) is 0.519. The molecule has 9 heavy (non-hydrogen) atoms. The van der Waals surface area contributed by atoms with E-state index in [9.17, 15) is 0 Å². The van der Waals surface area contributed by atoms with Crippen LogP contribution in [0.1, 0.15) is 26.2 Å². The summed E-state index contributed by atoms with van der Waals surface area (Å²) in [7, 11) is 2.30. The Kier molecular flexibility index (Phi) is 2.52. The molecule has 1 saturated heterocycles. The summed E-state index contributed by atoms with van der Waals surface area (Å²) in [5.74, 6) is 1.05. The van der Waals surface area contributed by atoms with Crippen LogP contribution < -0.4 is 4.90 Å². The molecule has 1 heteroatoms. The second-order valence-electron chi connectivity index (χ2n) is 3.31. The van der Waals surface area contributed by atoms with Gasteiger partial charge in [0.15, 0.2) is 0 Å². The third kappa shape index (κ3) is 1.98. The van der Waals surface area contributed by atoms with Crippen LogP contribution in [0.3, 0.4) is 0 Å². The molecular formula is C8H18N+. The Morgan fingerprint density at radius 1 is 1.33 bits per heavy atom. The first kappa shape index (κ1) is 7.07. The van der Waals surface area contributed by atoms with Gasteiger partial charge in [-0.15, -0.1) is 0 Å². The van der Waals surface area contributed by atoms with Crippen molar-refractivity contribution < 1.29 is 4.90 Å². The Hall–Kier alpha value is -0.0400. The number of hydrogen-bond donors (Lipinski definition) is 1. The first-order valence-electron chi connectivity index (χ1n) is 4.14. The van der Waals surface area contributed by atoms with Gasteiger partial charge >= 0.3 is 0 Å². The molecule has 54 valence electrons. The molecule has 1 heterocycles. The van der Waals surface area contributed by atoms with E-state index in [2.05, 4.69) is 14.0 Å². The van der Waals surface area contributed by atoms with Crippen molar-refractivity contribution in [2.24, 2.45) is 5.92 Å². The summed E-state index contributed by atoms with van der Waals surface area (Å²) in [6, 6.07) is 0. The van der Waals surface area contributed by atoms with Crippen LogP contribution in [0.5, 0.6) is 0 Å². The molecule has 1 aliphatic heterocycles. The van der Waals surface area contributed by atoms with E-state index in [4.69, 9.17) is 0 Å². The third-order valence-electron chi connectivity index (χ3n) is 2.54. The Morgan fingerprint density at radius 2 is 1.89 bits per heavy atom. The maximum absolute atomic E-state index is 2.31. The second-order valence-corrected chi connectivity index (χ2v) is 3.31. The van der Waals surface area contributed by atoms with Crippen molar-refractivity contribution in [1.29, 1.82) is 0 Å². The number of piperidine rings is 1. The van der Waals surface area contributed by atoms with Gasteiger partial charge in [-0.1, -0.05) is 13.3 Å². The molecule has 0 unspecified atom stereocenters. The van der Waals surface area contributed by atoms with Crippen molar-refractivity contribution >= 4 is 0 Å². The molecule has 0 atom stereocenters. The van der Waals surface area contributed by atoms with Gasteiger partial charge in [0.25, 0.3) is 0 Å². The zero-order valence-corrected chi connectivity index (χ0v) is 6.61. The van der Waals surface area contributed by atoms with Gasteiger partial charge in [-0.25, -0.2) is 0 Å². The first-order valence-corrected chi connectivity index (χ1v) is 4.14. The molecule has 0 aromatic rings. The lowest BCUT2D eigenvalue weighted by atomic mass is 9.95. The van der Waals surface area contributed by atoms with Gasteiger partial charge in [-0.2, -0.15) is 0 Å². The minimum absolute atomic E-state index is 1.05. The lowest BCUT2D eigenvalue weighted by Crippen LogP contribution is -3.10. The molecule has 1 rings (SSSR count). The van der Waals surface area contributed by atoms with Crippen LogP contribution in [-0.4, -0.2) is 20.1 Å². The maximum atomic E-state index is 2.31. The van der Waals surface area contributed by atoms with Gasteiger partial charge in [0.1, 0.15) is 0 Å². The van der Waals surface area contributed by atoms with E-state index in [0.29, 0.717) is 0 Å². The highest BCUT2D eigenvalue weighted by Crippen LogP contribution is 2.12. The average molecular weight is 128 g/mol. The van der Waals surface area contributed by atoms with Crippen LogP contribution in [0.4, 0.5) is 0 Å². The van der Waals surface area contributed by atoms with Gasteiger partial charge in [-0.3, -0.25) is 0 Å². The summed E-state index contributed by atoms with van der Waals surface area (Å²) in [6.07, 6.45) is 4.32. The normalized spacial score (nSPS) is 36.7. The molecule has 0 spiro atoms. The molecule has 0 aliphatic carbocycles. The summed E-state index contributed by atoms with van der Waals surface area (Å²) >= 11 is 0. The average Bonchev–Trinajstić information content (AvgIpc) is 1.90. The summed E-state index contributed by atoms with van der Waals surface area (Å²) < 4.78 is 0. The Morgan fingerprint density at radius 3 is 2.33 bits per heavy atom. The molecule has 0 aromatic heterocycles. The van der Waals surface area contributed by atoms with Crippen LogP contribution >= 0.6 is 0 Å². The highest BCUT2D eigenvalue weighted by molar-refractivity contribution is 4.58. The monoisotopic (exact) mass is 128 g/mol. The summed E-state index contributed by atoms with van der Waals surface area (Å²) in [5.41, 5.74) is 0. The van der Waals surface area contributed by atoms with Gasteiger partial charge < -0.3 is 4.90 Å². The number of rotatable bonds is 1. The fourth-order valence-corrected chi connectivity index (χ4v) is 1.58. The van der Waals surface area contributed by atoms with E-state index >= 15 is 0 Å². The van der Waals surface area contributed by atoms with Crippen molar-refractivity contribution in [2.45, 2.75) is 26.2 Å². The largest absolute Gasteiger partial charge is 0.337 e. The molecule has 1 fully saturated rings. The Balaban J connectivity index is 2.18. The van der Waals surface area contributed by atoms with Crippen molar-refractivity contribution in [3.63, 3.8) is 0 Å². The number of likely N-dealkylation sites (tertiary alicyclic amines) is 1. The van der Waals surface area contributed by atoms with Crippen molar-refractivity contribution in [3.05, 3.63) is 0 Å². The number of quaternary nitrogens is 1. The summed E-state index contributed by atoms with van der Waals surface area (Å²) in [5, 5.41) is 0. The van der Waals surface area contributed by atoms with Crippen LogP contribution in [0, 0.1) is 5.92 Å². The summed E-state index contributed by atoms with van der Waals surface area (Å²) in [4.78, 5) is 1.72. The fraction of sp³-hybridized carbons (Fsp3) is 1.00. The fourth-order valence-electron chi connectivity index (χ4n) is 1.58. The molecular weight excluding hydrogens is 110 g/mol. The molecule has 0 aromatic carbocycles. The van der Waals surface area contributed by atoms with Crippen molar-refractivity contribution in [3.8, 4) is 0 Å². The van der Waals surface area contributed by atoms with Crippen molar-refractivity contribution in [2.75, 3.05) is 20.1 Å². The standard InChI is InChI=1S/C8H17N/c1-3-8-4-6-9(2)7-5-8/h8H,3-7H2,1-2H3/p+1. The zero-order valence-electron chi connectivity index (χ0n) is 6.61. The topological polar surface area (TPSA) is 4.44 Å². The van der Waals surface area contributed by atoms with E-state index in [1.54, 1.807) is 4.90 Å². The van der Waals surface area contributed by atoms with E-state index in [0.717, 1.165) is 5.92 Å². The van der Waals surface area contributed by atoms with E-state index in [1.807, 2.05) is 0 Å². The number of hydrogen-bond acceptors (Lipinski definition) is 0. The zero-order chi connectivity index (χ0) is 6.69. The van der Waals surface area contributed by atoms with Gasteiger partial charge in [-0.05, 0) is 18.8 Å². The predicted octanol–water partition coefficient (Wildman–Crippen LogP) is 0.321. The molecule has 0 saturated carbocycles. The smallest absolute Gasteiger partial charge is 0.0771 e. The van der Waals surface area contributed by atoms with E-state index in [1.165, 1.54) is 32.4 Å².